The van der Waals surface area contributed by atoms with E-state index in [0.717, 1.165) is 130 Å². The maximum Gasteiger partial charge on any atom is 0.255 e. The van der Waals surface area contributed by atoms with Crippen LogP contribution >= 0.6 is 0 Å². The number of fused-ring (bicyclic) bond motifs is 7. The summed E-state index contributed by atoms with van der Waals surface area (Å²) in [6, 6.07) is 15.9. The minimum absolute atomic E-state index is 0.105. The van der Waals surface area contributed by atoms with E-state index in [9.17, 15) is 24.9 Å². The van der Waals surface area contributed by atoms with Gasteiger partial charge in [-0.25, -0.2) is 9.97 Å². The number of ether oxygens (including phenoxy) is 1. The van der Waals surface area contributed by atoms with E-state index >= 15 is 4.79 Å². The molecule has 7 aliphatic rings. The molecule has 3 saturated heterocycles. The van der Waals surface area contributed by atoms with Crippen molar-refractivity contribution in [2.24, 2.45) is 42.6 Å². The molecule has 15 heteroatoms. The number of methoxy groups -OCH3 is 1. The fourth-order valence-corrected chi connectivity index (χ4v) is 15.1. The molecule has 2 aromatic carbocycles. The number of hydrogen-bond donors (Lipinski definition) is 2. The van der Waals surface area contributed by atoms with E-state index in [1.54, 1.807) is 54.9 Å². The van der Waals surface area contributed by atoms with Crippen LogP contribution in [0.5, 0.6) is 5.75 Å². The summed E-state index contributed by atoms with van der Waals surface area (Å²) < 4.78 is 9.73. The standard InChI is InChI=1S/C61H66N10O5/c1-34-50(66-58(72)38-12-7-9-36(21-38)24-62)26-64-56-53(34)48(32-68(56)3)47-23-45-19-17-41(47)31-71(45)61(75)46-14-8-13-40(46)28-69-33-49(55-42-15-16-43(55)30-70(29-42)60(74)37-10-5-6-11-37)54-35(2)51(27-65-57(54)69)67-59(73)39-18-20-52(76-4)44(22-39)25-63/h7,9,12,18,20-22,26-27,32-33,37,40-43,45-47,55H,5-6,8,10-11,13-17,19,23,28-31H2,1-4H3,(H,66,72)(H,67,73)/t40?,41-,42?,43?,45-,46?,47-,55?/m1/s1. The fraction of sp³-hybridized carbons (Fsp3) is 0.475. The van der Waals surface area contributed by atoms with Gasteiger partial charge in [-0.1, -0.05) is 25.3 Å². The van der Waals surface area contributed by atoms with Crippen LogP contribution in [-0.4, -0.2) is 85.3 Å². The highest BCUT2D eigenvalue weighted by atomic mass is 16.5. The zero-order chi connectivity index (χ0) is 52.5. The molecule has 13 rings (SSSR count). The number of rotatable bonds is 11. The van der Waals surface area contributed by atoms with E-state index in [1.807, 2.05) is 14.0 Å². The summed E-state index contributed by atoms with van der Waals surface area (Å²) >= 11 is 0. The molecule has 6 aromatic rings. The van der Waals surface area contributed by atoms with Gasteiger partial charge in [0.15, 0.2) is 0 Å². The number of anilines is 2. The van der Waals surface area contributed by atoms with E-state index in [4.69, 9.17) is 14.7 Å². The van der Waals surface area contributed by atoms with Gasteiger partial charge in [0.05, 0.1) is 48.1 Å². The van der Waals surface area contributed by atoms with E-state index in [0.29, 0.717) is 58.1 Å². The van der Waals surface area contributed by atoms with E-state index < -0.39 is 0 Å². The highest BCUT2D eigenvalue weighted by molar-refractivity contribution is 6.07. The first-order valence-electron chi connectivity index (χ1n) is 27.6. The molecule has 7 atom stereocenters. The summed E-state index contributed by atoms with van der Waals surface area (Å²) in [4.78, 5) is 70.6. The predicted octanol–water partition coefficient (Wildman–Crippen LogP) is 10.1. The molecule has 15 nitrogen and oxygen atoms in total. The number of likely N-dealkylation sites (tertiary alicyclic amines) is 1. The predicted molar refractivity (Wildman–Crippen MR) is 289 cm³/mol. The second-order valence-electron chi connectivity index (χ2n) is 23.0. The van der Waals surface area contributed by atoms with Crippen LogP contribution in [-0.2, 0) is 23.2 Å². The third-order valence-corrected chi connectivity index (χ3v) is 18.9. The summed E-state index contributed by atoms with van der Waals surface area (Å²) in [6.07, 6.45) is 20.1. The molecular formula is C61H66N10O5. The molecule has 3 aliphatic heterocycles. The normalized spacial score (nSPS) is 25.0. The van der Waals surface area contributed by atoms with Crippen LogP contribution in [0.3, 0.4) is 0 Å². The number of nitrogens with one attached hydrogen (secondary N) is 2. The minimum atomic E-state index is -0.339. The number of aryl methyl sites for hydroxylation is 3. The summed E-state index contributed by atoms with van der Waals surface area (Å²) in [5.74, 6) is 1.97. The van der Waals surface area contributed by atoms with Crippen LogP contribution < -0.4 is 15.4 Å². The molecule has 7 heterocycles. The number of pyridine rings is 2. The summed E-state index contributed by atoms with van der Waals surface area (Å²) in [5.41, 5.74) is 8.78. The SMILES string of the molecule is COc1ccc(C(=O)Nc2cnc3c(c(C4C5CCC4CN(C(=O)C4CCCC4)C5)cn3CC3CCCC3C(=O)N3C[C@H]4CC[C@@H]3C[C@H]4c3cn(C)c4ncc(NC(=O)c5cccc(C#N)c5)c(C)c34)c2C)cc1C#N. The van der Waals surface area contributed by atoms with Crippen molar-refractivity contribution in [3.63, 3.8) is 0 Å². The average molecular weight is 1020 g/mol. The van der Waals surface area contributed by atoms with Crippen LogP contribution in [0, 0.1) is 72.0 Å². The smallest absolute Gasteiger partial charge is 0.255 e. The third-order valence-electron chi connectivity index (χ3n) is 18.9. The first-order chi connectivity index (χ1) is 36.9. The molecule has 4 aliphatic carbocycles. The molecule has 0 radical (unpaired) electrons. The van der Waals surface area contributed by atoms with Gasteiger partial charge >= 0.3 is 0 Å². The van der Waals surface area contributed by atoms with Crippen LogP contribution in [0.25, 0.3) is 22.1 Å². The van der Waals surface area contributed by atoms with Crippen molar-refractivity contribution < 1.29 is 23.9 Å². The molecule has 390 valence electrons. The van der Waals surface area contributed by atoms with E-state index in [2.05, 4.69) is 61.0 Å². The maximum atomic E-state index is 15.1. The molecular weight excluding hydrogens is 953 g/mol. The summed E-state index contributed by atoms with van der Waals surface area (Å²) in [5, 5.41) is 27.5. The Balaban J connectivity index is 0.804. The summed E-state index contributed by atoms with van der Waals surface area (Å²) in [6.45, 7) is 7.02. The van der Waals surface area contributed by atoms with Gasteiger partial charge in [0.25, 0.3) is 11.8 Å². The number of nitrogens with zero attached hydrogens (tertiary/aromatic N) is 8. The number of nitriles is 2. The number of carbonyl (C=O) groups is 4. The van der Waals surface area contributed by atoms with Crippen LogP contribution in [0.4, 0.5) is 11.4 Å². The number of piperidine rings is 3. The number of aromatic nitrogens is 4. The molecule has 4 unspecified atom stereocenters. The molecule has 7 fully saturated rings. The van der Waals surface area contributed by atoms with E-state index in [-0.39, 0.29) is 64.8 Å². The van der Waals surface area contributed by atoms with E-state index in [1.165, 1.54) is 18.2 Å². The van der Waals surface area contributed by atoms with Gasteiger partial charge in [-0.3, -0.25) is 19.2 Å². The monoisotopic (exact) mass is 1020 g/mol. The van der Waals surface area contributed by atoms with Gasteiger partial charge in [0.2, 0.25) is 11.8 Å². The van der Waals surface area contributed by atoms with Gasteiger partial charge in [-0.15, -0.1) is 0 Å². The maximum absolute atomic E-state index is 15.1. The number of carbonyl (C=O) groups excluding carboxylic acids is 4. The van der Waals surface area contributed by atoms with Gasteiger partial charge in [-0.2, -0.15) is 10.5 Å². The second-order valence-corrected chi connectivity index (χ2v) is 23.0. The zero-order valence-electron chi connectivity index (χ0n) is 44.0. The molecule has 4 amide bonds. The minimum Gasteiger partial charge on any atom is -0.495 e. The van der Waals surface area contributed by atoms with Gasteiger partial charge in [0.1, 0.15) is 23.1 Å². The Bertz CT molecular complexity index is 3410. The van der Waals surface area contributed by atoms with Crippen LogP contribution in [0.15, 0.2) is 67.3 Å². The lowest BCUT2D eigenvalue weighted by Crippen LogP contribution is -2.55. The molecule has 2 N–H and O–H groups in total. The molecule has 0 spiro atoms. The Morgan fingerprint density at radius 1 is 0.724 bits per heavy atom. The lowest BCUT2D eigenvalue weighted by molar-refractivity contribution is -0.145. The van der Waals surface area contributed by atoms with Crippen molar-refractivity contribution in [2.45, 2.75) is 115 Å². The third kappa shape index (κ3) is 8.56. The lowest BCUT2D eigenvalue weighted by Gasteiger charge is -2.50. The number of hydrogen-bond acceptors (Lipinski definition) is 9. The molecule has 76 heavy (non-hydrogen) atoms. The largest absolute Gasteiger partial charge is 0.495 e. The topological polar surface area (TPSA) is 191 Å². The van der Waals surface area contributed by atoms with Crippen molar-refractivity contribution in [1.82, 2.24) is 28.9 Å². The number of amides is 4. The molecule has 4 bridgehead atoms. The lowest BCUT2D eigenvalue weighted by atomic mass is 9.68. The zero-order valence-corrected chi connectivity index (χ0v) is 44.0. The van der Waals surface area contributed by atoms with Gasteiger partial charge in [-0.05, 0) is 166 Å². The first kappa shape index (κ1) is 49.4. The highest BCUT2D eigenvalue weighted by Gasteiger charge is 2.49. The van der Waals surface area contributed by atoms with Crippen LogP contribution in [0.2, 0.25) is 0 Å². The van der Waals surface area contributed by atoms with Crippen molar-refractivity contribution >= 4 is 57.1 Å². The van der Waals surface area contributed by atoms with Gasteiger partial charge < -0.3 is 34.3 Å². The first-order valence-corrected chi connectivity index (χ1v) is 27.6. The quantitative estimate of drug-likeness (QED) is 0.127. The average Bonchev–Trinajstić information content (AvgIpc) is 4.38. The van der Waals surface area contributed by atoms with Gasteiger partial charge in [0, 0.05) is 85.4 Å². The van der Waals surface area contributed by atoms with Crippen molar-refractivity contribution in [3.8, 4) is 17.9 Å². The summed E-state index contributed by atoms with van der Waals surface area (Å²) in [7, 11) is 3.52. The Morgan fingerprint density at radius 3 is 2.08 bits per heavy atom. The molecule has 4 saturated carbocycles. The Hall–Kier alpha value is -7.52. The Kier molecular flexibility index (Phi) is 12.9. The Labute approximate surface area is 443 Å². The van der Waals surface area contributed by atoms with Crippen LogP contribution in [0.1, 0.15) is 143 Å². The van der Waals surface area contributed by atoms with Crippen molar-refractivity contribution in [2.75, 3.05) is 37.4 Å². The van der Waals surface area contributed by atoms with Crippen molar-refractivity contribution in [1.29, 1.82) is 10.5 Å². The van der Waals surface area contributed by atoms with Crippen molar-refractivity contribution in [3.05, 3.63) is 112 Å². The second kappa shape index (κ2) is 19.9. The number of benzene rings is 2. The Morgan fingerprint density at radius 2 is 1.41 bits per heavy atom. The fourth-order valence-electron chi connectivity index (χ4n) is 15.1. The highest BCUT2D eigenvalue weighted by Crippen LogP contribution is 2.53. The molecule has 4 aromatic heterocycles.